The van der Waals surface area contributed by atoms with Gasteiger partial charge < -0.3 is 9.97 Å². The predicted octanol–water partition coefficient (Wildman–Crippen LogP) is 3.58. The SMILES string of the molecule is CCCn1c(SCC(=O)c2ccc3[nH]c(=O)[nH]c3c2)nc2sc(CC)cc2c1=O. The van der Waals surface area contributed by atoms with Crippen molar-refractivity contribution in [2.24, 2.45) is 0 Å². The highest BCUT2D eigenvalue weighted by Crippen LogP contribution is 2.26. The zero-order valence-corrected chi connectivity index (χ0v) is 17.7. The van der Waals surface area contributed by atoms with E-state index < -0.39 is 0 Å². The summed E-state index contributed by atoms with van der Waals surface area (Å²) in [7, 11) is 0. The minimum Gasteiger partial charge on any atom is -0.306 e. The first-order valence-electron chi connectivity index (χ1n) is 9.41. The molecule has 0 spiro atoms. The third kappa shape index (κ3) is 3.79. The standard InChI is InChI=1S/C20H20N4O3S2/c1-3-7-24-18(26)13-9-12(4-2)29-17(13)23-20(24)28-10-16(25)11-5-6-14-15(8-11)22-19(27)21-14/h5-6,8-9H,3-4,7,10H2,1-2H3,(H2,21,22,27). The number of imidazole rings is 1. The summed E-state index contributed by atoms with van der Waals surface area (Å²) in [5.74, 6) is 0.0742. The maximum absolute atomic E-state index is 12.9. The number of Topliss-reactive ketones (excluding diaryl/α,β-unsaturated/α-hetero) is 1. The van der Waals surface area contributed by atoms with Crippen molar-refractivity contribution in [3.63, 3.8) is 0 Å². The lowest BCUT2D eigenvalue weighted by molar-refractivity contribution is 0.102. The van der Waals surface area contributed by atoms with Crippen LogP contribution in [0.3, 0.4) is 0 Å². The first-order valence-corrected chi connectivity index (χ1v) is 11.2. The Labute approximate surface area is 174 Å². The number of nitrogens with one attached hydrogen (secondary N) is 2. The van der Waals surface area contributed by atoms with E-state index in [9.17, 15) is 14.4 Å². The Kier molecular flexibility index (Phi) is 5.42. The number of benzene rings is 1. The maximum Gasteiger partial charge on any atom is 0.323 e. The van der Waals surface area contributed by atoms with E-state index in [1.807, 2.05) is 13.0 Å². The molecular weight excluding hydrogens is 408 g/mol. The van der Waals surface area contributed by atoms with Crippen molar-refractivity contribution in [2.45, 2.75) is 38.4 Å². The van der Waals surface area contributed by atoms with E-state index in [-0.39, 0.29) is 22.8 Å². The first kappa shape index (κ1) is 19.7. The highest BCUT2D eigenvalue weighted by atomic mass is 32.2. The zero-order chi connectivity index (χ0) is 20.5. The second-order valence-corrected chi connectivity index (χ2v) is 8.75. The number of aromatic amines is 2. The van der Waals surface area contributed by atoms with Gasteiger partial charge in [-0.15, -0.1) is 11.3 Å². The normalized spacial score (nSPS) is 11.5. The summed E-state index contributed by atoms with van der Waals surface area (Å²) in [5, 5.41) is 1.22. The number of thiophene rings is 1. The molecule has 3 aromatic heterocycles. The molecule has 0 unspecified atom stereocenters. The molecule has 0 amide bonds. The van der Waals surface area contributed by atoms with Gasteiger partial charge in [-0.3, -0.25) is 14.2 Å². The van der Waals surface area contributed by atoms with Crippen LogP contribution in [0.4, 0.5) is 0 Å². The first-order chi connectivity index (χ1) is 14.0. The molecule has 0 aliphatic heterocycles. The Bertz CT molecular complexity index is 1330. The molecule has 4 aromatic rings. The lowest BCUT2D eigenvalue weighted by Gasteiger charge is -2.10. The number of aromatic nitrogens is 4. The van der Waals surface area contributed by atoms with E-state index in [1.54, 1.807) is 22.8 Å². The molecule has 2 N–H and O–H groups in total. The number of nitrogens with zero attached hydrogens (tertiary/aromatic N) is 2. The number of ketones is 1. The van der Waals surface area contributed by atoms with Crippen LogP contribution in [0.2, 0.25) is 0 Å². The third-order valence-corrected chi connectivity index (χ3v) is 6.78. The molecule has 150 valence electrons. The number of hydrogen-bond acceptors (Lipinski definition) is 6. The molecule has 1 aromatic carbocycles. The summed E-state index contributed by atoms with van der Waals surface area (Å²) in [6.07, 6.45) is 1.66. The Hall–Kier alpha value is -2.65. The van der Waals surface area contributed by atoms with Gasteiger partial charge in [0.05, 0.1) is 22.2 Å². The van der Waals surface area contributed by atoms with Crippen LogP contribution in [0.15, 0.2) is 39.0 Å². The van der Waals surface area contributed by atoms with E-state index in [1.165, 1.54) is 23.1 Å². The van der Waals surface area contributed by atoms with Gasteiger partial charge in [-0.2, -0.15) is 0 Å². The number of fused-ring (bicyclic) bond motifs is 2. The van der Waals surface area contributed by atoms with Crippen LogP contribution in [-0.2, 0) is 13.0 Å². The lowest BCUT2D eigenvalue weighted by Crippen LogP contribution is -2.23. The molecule has 0 bridgehead atoms. The van der Waals surface area contributed by atoms with Gasteiger partial charge in [0.1, 0.15) is 4.83 Å². The van der Waals surface area contributed by atoms with Crippen LogP contribution >= 0.6 is 23.1 Å². The fourth-order valence-corrected chi connectivity index (χ4v) is 5.10. The van der Waals surface area contributed by atoms with Gasteiger partial charge in [0.2, 0.25) is 0 Å². The molecule has 0 saturated carbocycles. The van der Waals surface area contributed by atoms with E-state index in [4.69, 9.17) is 0 Å². The van der Waals surface area contributed by atoms with Crippen LogP contribution in [-0.4, -0.2) is 31.1 Å². The quantitative estimate of drug-likeness (QED) is 0.266. The molecule has 0 atom stereocenters. The molecule has 0 aliphatic rings. The monoisotopic (exact) mass is 428 g/mol. The number of hydrogen-bond donors (Lipinski definition) is 2. The molecule has 0 radical (unpaired) electrons. The summed E-state index contributed by atoms with van der Waals surface area (Å²) in [5.41, 5.74) is 1.41. The minimum atomic E-state index is -0.303. The molecule has 9 heteroatoms. The minimum absolute atomic E-state index is 0.0472. The second-order valence-electron chi connectivity index (χ2n) is 6.69. The molecular formula is C20H20N4O3S2. The summed E-state index contributed by atoms with van der Waals surface area (Å²) in [6, 6.07) is 6.99. The van der Waals surface area contributed by atoms with Gasteiger partial charge in [0, 0.05) is 17.0 Å². The van der Waals surface area contributed by atoms with Gasteiger partial charge in [0.25, 0.3) is 5.56 Å². The molecule has 3 heterocycles. The molecule has 0 fully saturated rings. The summed E-state index contributed by atoms with van der Waals surface area (Å²) in [4.78, 5) is 48.9. The zero-order valence-electron chi connectivity index (χ0n) is 16.1. The third-order valence-electron chi connectivity index (χ3n) is 4.63. The Morgan fingerprint density at radius 3 is 2.72 bits per heavy atom. The molecule has 4 rings (SSSR count). The predicted molar refractivity (Wildman–Crippen MR) is 118 cm³/mol. The van der Waals surface area contributed by atoms with Crippen LogP contribution in [0.5, 0.6) is 0 Å². The number of carbonyl (C=O) groups is 1. The largest absolute Gasteiger partial charge is 0.323 e. The van der Waals surface area contributed by atoms with Crippen LogP contribution < -0.4 is 11.2 Å². The Balaban J connectivity index is 1.63. The van der Waals surface area contributed by atoms with Crippen molar-refractivity contribution >= 4 is 50.1 Å². The van der Waals surface area contributed by atoms with Gasteiger partial charge in [-0.05, 0) is 37.1 Å². The topological polar surface area (TPSA) is 101 Å². The Morgan fingerprint density at radius 2 is 1.97 bits per heavy atom. The summed E-state index contributed by atoms with van der Waals surface area (Å²) < 4.78 is 1.67. The van der Waals surface area contributed by atoms with E-state index in [0.717, 1.165) is 22.5 Å². The van der Waals surface area contributed by atoms with Gasteiger partial charge in [0.15, 0.2) is 10.9 Å². The number of carbonyl (C=O) groups excluding carboxylic acids is 1. The highest BCUT2D eigenvalue weighted by molar-refractivity contribution is 7.99. The number of H-pyrrole nitrogens is 2. The van der Waals surface area contributed by atoms with Crippen LogP contribution in [0.25, 0.3) is 21.3 Å². The van der Waals surface area contributed by atoms with Crippen LogP contribution in [0.1, 0.15) is 35.5 Å². The number of thioether (sulfide) groups is 1. The van der Waals surface area contributed by atoms with Gasteiger partial charge >= 0.3 is 5.69 Å². The van der Waals surface area contributed by atoms with Crippen molar-refractivity contribution in [1.29, 1.82) is 0 Å². The lowest BCUT2D eigenvalue weighted by atomic mass is 10.1. The van der Waals surface area contributed by atoms with E-state index in [0.29, 0.717) is 33.7 Å². The number of rotatable bonds is 7. The maximum atomic E-state index is 12.9. The van der Waals surface area contributed by atoms with Crippen molar-refractivity contribution in [2.75, 3.05) is 5.75 Å². The molecule has 0 saturated heterocycles. The molecule has 7 nitrogen and oxygen atoms in total. The summed E-state index contributed by atoms with van der Waals surface area (Å²) >= 11 is 2.80. The fraction of sp³-hybridized carbons (Fsp3) is 0.300. The van der Waals surface area contributed by atoms with E-state index in [2.05, 4.69) is 21.9 Å². The average Bonchev–Trinajstić information content (AvgIpc) is 3.30. The second kappa shape index (κ2) is 8.00. The Morgan fingerprint density at radius 1 is 1.17 bits per heavy atom. The van der Waals surface area contributed by atoms with Crippen molar-refractivity contribution in [3.8, 4) is 0 Å². The van der Waals surface area contributed by atoms with Gasteiger partial charge in [-0.1, -0.05) is 25.6 Å². The van der Waals surface area contributed by atoms with E-state index >= 15 is 0 Å². The average molecular weight is 429 g/mol. The smallest absolute Gasteiger partial charge is 0.306 e. The fourth-order valence-electron chi connectivity index (χ4n) is 3.17. The van der Waals surface area contributed by atoms with Gasteiger partial charge in [-0.25, -0.2) is 9.78 Å². The van der Waals surface area contributed by atoms with Crippen molar-refractivity contribution in [3.05, 3.63) is 55.5 Å². The highest BCUT2D eigenvalue weighted by Gasteiger charge is 2.16. The molecule has 0 aliphatic carbocycles. The van der Waals surface area contributed by atoms with Crippen LogP contribution in [0, 0.1) is 0 Å². The van der Waals surface area contributed by atoms with Crippen molar-refractivity contribution < 1.29 is 4.79 Å². The molecule has 29 heavy (non-hydrogen) atoms. The van der Waals surface area contributed by atoms with Crippen molar-refractivity contribution in [1.82, 2.24) is 19.5 Å². The number of aryl methyl sites for hydroxylation is 1. The summed E-state index contributed by atoms with van der Waals surface area (Å²) in [6.45, 7) is 4.62.